The van der Waals surface area contributed by atoms with Crippen molar-refractivity contribution in [1.29, 1.82) is 0 Å². The summed E-state index contributed by atoms with van der Waals surface area (Å²) in [5, 5.41) is 3.54. The van der Waals surface area contributed by atoms with E-state index in [2.05, 4.69) is 15.6 Å². The van der Waals surface area contributed by atoms with Crippen LogP contribution < -0.4 is 4.87 Å². The predicted molar refractivity (Wildman–Crippen MR) is 42.1 cm³/mol. The summed E-state index contributed by atoms with van der Waals surface area (Å²) in [5.41, 5.74) is 0. The van der Waals surface area contributed by atoms with Crippen molar-refractivity contribution in [3.8, 4) is 12.3 Å². The molecule has 1 heterocycles. The lowest BCUT2D eigenvalue weighted by Gasteiger charge is -1.86. The van der Waals surface area contributed by atoms with Gasteiger partial charge in [0.25, 0.3) is 0 Å². The predicted octanol–water partition coefficient (Wildman–Crippen LogP) is -0.111. The largest absolute Gasteiger partial charge is 0.344 e. The van der Waals surface area contributed by atoms with Crippen molar-refractivity contribution in [3.05, 3.63) is 21.8 Å². The van der Waals surface area contributed by atoms with Gasteiger partial charge >= 0.3 is 4.87 Å². The second-order valence-electron chi connectivity index (χ2n) is 1.68. The Morgan fingerprint density at radius 2 is 2.64 bits per heavy atom. The molecule has 0 atom stereocenters. The van der Waals surface area contributed by atoms with Crippen molar-refractivity contribution < 1.29 is 0 Å². The van der Waals surface area contributed by atoms with Crippen LogP contribution in [0.15, 0.2) is 16.9 Å². The zero-order valence-corrected chi connectivity index (χ0v) is 6.41. The van der Waals surface area contributed by atoms with Crippen LogP contribution >= 0.6 is 11.5 Å². The Kier molecular flexibility index (Phi) is 2.58. The van der Waals surface area contributed by atoms with Gasteiger partial charge in [-0.15, -0.1) is 6.42 Å². The van der Waals surface area contributed by atoms with Crippen LogP contribution in [0.5, 0.6) is 0 Å². The zero-order valence-electron chi connectivity index (χ0n) is 5.60. The van der Waals surface area contributed by atoms with Crippen LogP contribution in [0, 0.1) is 12.3 Å². The molecule has 0 aromatic carbocycles. The van der Waals surface area contributed by atoms with E-state index in [4.69, 9.17) is 6.42 Å². The molecule has 5 heteroatoms. The fraction of sp³-hybridized carbons (Fsp3) is 0.167. The Hall–Kier alpha value is -1.41. The van der Waals surface area contributed by atoms with Gasteiger partial charge in [0, 0.05) is 0 Å². The first-order chi connectivity index (χ1) is 5.34. The van der Waals surface area contributed by atoms with Crippen molar-refractivity contribution in [1.82, 2.24) is 14.4 Å². The van der Waals surface area contributed by atoms with Crippen molar-refractivity contribution in [2.24, 2.45) is 0 Å². The highest BCUT2D eigenvalue weighted by Gasteiger charge is 1.94. The van der Waals surface area contributed by atoms with Crippen LogP contribution in [0.4, 0.5) is 0 Å². The maximum Gasteiger partial charge on any atom is 0.344 e. The SMILES string of the molecule is C#C/C=C\Cn1nnsc1=O. The van der Waals surface area contributed by atoms with Gasteiger partial charge in [-0.05, 0) is 6.08 Å². The first-order valence-corrected chi connectivity index (χ1v) is 3.62. The Bertz CT molecular complexity index is 343. The lowest BCUT2D eigenvalue weighted by atomic mass is 10.5. The first kappa shape index (κ1) is 7.69. The molecule has 0 fully saturated rings. The van der Waals surface area contributed by atoms with E-state index < -0.39 is 0 Å². The summed E-state index contributed by atoms with van der Waals surface area (Å²) in [5.74, 6) is 2.31. The molecule has 1 aromatic rings. The van der Waals surface area contributed by atoms with Crippen LogP contribution in [-0.4, -0.2) is 14.4 Å². The summed E-state index contributed by atoms with van der Waals surface area (Å²) < 4.78 is 4.69. The number of terminal acetylenes is 1. The van der Waals surface area contributed by atoms with E-state index in [1.54, 1.807) is 6.08 Å². The number of allylic oxidation sites excluding steroid dienone is 2. The quantitative estimate of drug-likeness (QED) is 0.577. The van der Waals surface area contributed by atoms with E-state index in [0.29, 0.717) is 6.54 Å². The monoisotopic (exact) mass is 167 g/mol. The number of rotatable bonds is 2. The molecule has 0 aliphatic carbocycles. The summed E-state index contributed by atoms with van der Waals surface area (Å²) in [6.07, 6.45) is 8.14. The van der Waals surface area contributed by atoms with Crippen LogP contribution in [0.2, 0.25) is 0 Å². The van der Waals surface area contributed by atoms with Crippen molar-refractivity contribution in [2.45, 2.75) is 6.54 Å². The average molecular weight is 167 g/mol. The molecular weight excluding hydrogens is 162 g/mol. The Morgan fingerprint density at radius 3 is 3.18 bits per heavy atom. The minimum Gasteiger partial charge on any atom is -0.253 e. The standard InChI is InChI=1S/C6H5N3OS/c1-2-3-4-5-9-6(10)11-8-7-9/h1,3-4H,5H2/b4-3-. The molecule has 11 heavy (non-hydrogen) atoms. The van der Waals surface area contributed by atoms with Gasteiger partial charge in [0.05, 0.1) is 18.1 Å². The van der Waals surface area contributed by atoms with Gasteiger partial charge in [-0.3, -0.25) is 4.79 Å². The second-order valence-corrected chi connectivity index (χ2v) is 2.37. The number of hydrogen-bond acceptors (Lipinski definition) is 4. The fourth-order valence-corrected chi connectivity index (χ4v) is 0.912. The lowest BCUT2D eigenvalue weighted by molar-refractivity contribution is 0.643. The van der Waals surface area contributed by atoms with E-state index in [9.17, 15) is 4.79 Å². The van der Waals surface area contributed by atoms with Gasteiger partial charge in [0.15, 0.2) is 0 Å². The summed E-state index contributed by atoms with van der Waals surface area (Å²) in [7, 11) is 0. The highest BCUT2D eigenvalue weighted by Crippen LogP contribution is 1.79. The third-order valence-electron chi connectivity index (χ3n) is 0.967. The molecule has 4 nitrogen and oxygen atoms in total. The Morgan fingerprint density at radius 1 is 1.82 bits per heavy atom. The van der Waals surface area contributed by atoms with Crippen molar-refractivity contribution in [3.63, 3.8) is 0 Å². The molecule has 1 rings (SSSR count). The third-order valence-corrected chi connectivity index (χ3v) is 1.49. The molecular formula is C6H5N3OS. The zero-order chi connectivity index (χ0) is 8.10. The van der Waals surface area contributed by atoms with E-state index in [1.165, 1.54) is 10.8 Å². The van der Waals surface area contributed by atoms with Gasteiger partial charge in [-0.25, -0.2) is 0 Å². The summed E-state index contributed by atoms with van der Waals surface area (Å²) in [4.78, 5) is 10.6. The minimum atomic E-state index is -0.174. The van der Waals surface area contributed by atoms with E-state index in [1.807, 2.05) is 0 Å². The maximum absolute atomic E-state index is 10.8. The first-order valence-electron chi connectivity index (χ1n) is 2.85. The third kappa shape index (κ3) is 2.02. The molecule has 0 unspecified atom stereocenters. The summed E-state index contributed by atoms with van der Waals surface area (Å²) in [6, 6.07) is 0. The lowest BCUT2D eigenvalue weighted by Crippen LogP contribution is -2.13. The molecule has 56 valence electrons. The van der Waals surface area contributed by atoms with Crippen molar-refractivity contribution >= 4 is 11.5 Å². The molecule has 1 aromatic heterocycles. The summed E-state index contributed by atoms with van der Waals surface area (Å²) in [6.45, 7) is 0.388. The highest BCUT2D eigenvalue weighted by molar-refractivity contribution is 7.02. The number of aromatic nitrogens is 3. The van der Waals surface area contributed by atoms with E-state index >= 15 is 0 Å². The van der Waals surface area contributed by atoms with Crippen molar-refractivity contribution in [2.75, 3.05) is 0 Å². The fourth-order valence-electron chi connectivity index (χ4n) is 0.513. The van der Waals surface area contributed by atoms with Crippen LogP contribution in [-0.2, 0) is 6.54 Å². The van der Waals surface area contributed by atoms with Gasteiger partial charge in [-0.2, -0.15) is 4.68 Å². The normalized spacial score (nSPS) is 10.1. The molecule has 0 saturated heterocycles. The van der Waals surface area contributed by atoms with Gasteiger partial charge in [-0.1, -0.05) is 21.7 Å². The second kappa shape index (κ2) is 3.68. The van der Waals surface area contributed by atoms with Crippen LogP contribution in [0.25, 0.3) is 0 Å². The topological polar surface area (TPSA) is 47.8 Å². The molecule has 0 aliphatic rings. The summed E-state index contributed by atoms with van der Waals surface area (Å²) >= 11 is 0.823. The Balaban J connectivity index is 2.67. The van der Waals surface area contributed by atoms with E-state index in [0.717, 1.165) is 11.5 Å². The molecule has 0 spiro atoms. The Labute approximate surface area is 67.3 Å². The molecule has 0 saturated carbocycles. The highest BCUT2D eigenvalue weighted by atomic mass is 32.1. The molecule has 0 N–H and O–H groups in total. The molecule has 0 bridgehead atoms. The molecule has 0 amide bonds. The minimum absolute atomic E-state index is 0.174. The van der Waals surface area contributed by atoms with Gasteiger partial charge in [0.2, 0.25) is 0 Å². The van der Waals surface area contributed by atoms with Crippen LogP contribution in [0.1, 0.15) is 0 Å². The molecule has 0 aliphatic heterocycles. The maximum atomic E-state index is 10.8. The number of hydrogen-bond donors (Lipinski definition) is 0. The molecule has 0 radical (unpaired) electrons. The van der Waals surface area contributed by atoms with Crippen LogP contribution in [0.3, 0.4) is 0 Å². The van der Waals surface area contributed by atoms with Gasteiger partial charge in [0.1, 0.15) is 0 Å². The average Bonchev–Trinajstić information content (AvgIpc) is 2.37. The smallest absolute Gasteiger partial charge is 0.253 e. The number of nitrogens with zero attached hydrogens (tertiary/aromatic N) is 3. The van der Waals surface area contributed by atoms with E-state index in [-0.39, 0.29) is 4.87 Å². The van der Waals surface area contributed by atoms with Gasteiger partial charge < -0.3 is 0 Å².